The first-order chi connectivity index (χ1) is 16.4. The minimum Gasteiger partial charge on any atom is -0.392 e. The Morgan fingerprint density at radius 1 is 1.09 bits per heavy atom. The average Bonchev–Trinajstić information content (AvgIpc) is 3.27. The molecule has 0 spiro atoms. The van der Waals surface area contributed by atoms with Crippen LogP contribution in [0.4, 0.5) is 0 Å². The second-order valence-electron chi connectivity index (χ2n) is 8.61. The summed E-state index contributed by atoms with van der Waals surface area (Å²) >= 11 is 1.67. The molecule has 0 radical (unpaired) electrons. The van der Waals surface area contributed by atoms with Crippen molar-refractivity contribution >= 4 is 17.7 Å². The Bertz CT molecular complexity index is 1080. The van der Waals surface area contributed by atoms with Gasteiger partial charge < -0.3 is 24.5 Å². The van der Waals surface area contributed by atoms with Gasteiger partial charge >= 0.3 is 0 Å². The molecule has 1 saturated heterocycles. The van der Waals surface area contributed by atoms with Crippen LogP contribution in [0.5, 0.6) is 0 Å². The highest BCUT2D eigenvalue weighted by atomic mass is 32.2. The first-order valence-corrected chi connectivity index (χ1v) is 12.4. The second kappa shape index (κ2) is 11.2. The molecule has 2 aromatic carbocycles. The number of carbonyl (C=O) groups is 1. The van der Waals surface area contributed by atoms with Gasteiger partial charge in [-0.15, -0.1) is 0 Å². The molecule has 3 aromatic rings. The van der Waals surface area contributed by atoms with Crippen LogP contribution < -0.4 is 5.32 Å². The van der Waals surface area contributed by atoms with Crippen molar-refractivity contribution in [3.63, 3.8) is 0 Å². The topological polar surface area (TPSA) is 85.6 Å². The van der Waals surface area contributed by atoms with Crippen LogP contribution in [0, 0.1) is 5.92 Å². The maximum atomic E-state index is 11.2. The summed E-state index contributed by atoms with van der Waals surface area (Å²) in [6.45, 7) is 4.17. The van der Waals surface area contributed by atoms with Crippen LogP contribution in [0.3, 0.4) is 0 Å². The molecule has 1 aliphatic heterocycles. The standard InChI is InChI=1S/C26H31N3O4S/c1-17-23(16-34-26-27-12-13-29(26)3)32-25(22-10-4-19(5-11-22)14-28-18(2)31)33-24(17)21-8-6-20(15-30)7-9-21/h4-13,17,23-25,30H,14-16H2,1-3H3,(H,28,31). The molecule has 34 heavy (non-hydrogen) atoms. The highest BCUT2D eigenvalue weighted by Crippen LogP contribution is 2.42. The van der Waals surface area contributed by atoms with Gasteiger partial charge in [-0.25, -0.2) is 4.98 Å². The Labute approximate surface area is 204 Å². The van der Waals surface area contributed by atoms with Crippen LogP contribution in [-0.2, 0) is 34.5 Å². The minimum atomic E-state index is -0.513. The number of nitrogens with zero attached hydrogens (tertiary/aromatic N) is 2. The number of hydrogen-bond donors (Lipinski definition) is 2. The number of nitrogens with one attached hydrogen (secondary N) is 1. The zero-order valence-electron chi connectivity index (χ0n) is 19.7. The highest BCUT2D eigenvalue weighted by molar-refractivity contribution is 7.99. The van der Waals surface area contributed by atoms with Gasteiger partial charge in [0.25, 0.3) is 0 Å². The van der Waals surface area contributed by atoms with Crippen molar-refractivity contribution in [2.75, 3.05) is 5.75 Å². The Morgan fingerprint density at radius 3 is 2.38 bits per heavy atom. The molecule has 4 atom stereocenters. The number of thioether (sulfide) groups is 1. The lowest BCUT2D eigenvalue weighted by molar-refractivity contribution is -0.268. The van der Waals surface area contributed by atoms with Crippen molar-refractivity contribution in [1.82, 2.24) is 14.9 Å². The number of rotatable bonds is 8. The van der Waals surface area contributed by atoms with Crippen molar-refractivity contribution in [1.29, 1.82) is 0 Å². The molecule has 0 bridgehead atoms. The number of aromatic nitrogens is 2. The zero-order valence-corrected chi connectivity index (χ0v) is 20.5. The summed E-state index contributed by atoms with van der Waals surface area (Å²) in [6.07, 6.45) is 3.01. The lowest BCUT2D eigenvalue weighted by atomic mass is 9.91. The number of benzene rings is 2. The number of aryl methyl sites for hydroxylation is 1. The molecule has 0 saturated carbocycles. The fourth-order valence-electron chi connectivity index (χ4n) is 3.98. The Balaban J connectivity index is 1.55. The maximum Gasteiger partial charge on any atom is 0.217 e. The second-order valence-corrected chi connectivity index (χ2v) is 9.59. The Hall–Kier alpha value is -2.65. The van der Waals surface area contributed by atoms with E-state index in [1.807, 2.05) is 66.3 Å². The number of imidazole rings is 1. The molecule has 4 rings (SSSR count). The minimum absolute atomic E-state index is 0.0147. The number of aliphatic hydroxyl groups is 1. The van der Waals surface area contributed by atoms with E-state index in [1.54, 1.807) is 18.0 Å². The summed E-state index contributed by atoms with van der Waals surface area (Å²) in [4.78, 5) is 15.6. The van der Waals surface area contributed by atoms with Crippen LogP contribution in [-0.4, -0.2) is 32.4 Å². The molecule has 0 aliphatic carbocycles. The molecular formula is C26H31N3O4S. The number of amides is 1. The quantitative estimate of drug-likeness (QED) is 0.471. The smallest absolute Gasteiger partial charge is 0.217 e. The molecule has 8 heteroatoms. The van der Waals surface area contributed by atoms with Gasteiger partial charge in [0.2, 0.25) is 5.91 Å². The molecule has 1 aliphatic rings. The van der Waals surface area contributed by atoms with E-state index in [1.165, 1.54) is 6.92 Å². The third-order valence-corrected chi connectivity index (χ3v) is 7.22. The predicted octanol–water partition coefficient (Wildman–Crippen LogP) is 4.13. The van der Waals surface area contributed by atoms with E-state index < -0.39 is 6.29 Å². The number of ether oxygens (including phenoxy) is 2. The summed E-state index contributed by atoms with van der Waals surface area (Å²) < 4.78 is 15.0. The van der Waals surface area contributed by atoms with Crippen LogP contribution in [0.15, 0.2) is 66.1 Å². The highest BCUT2D eigenvalue weighted by Gasteiger charge is 2.38. The zero-order chi connectivity index (χ0) is 24.1. The largest absolute Gasteiger partial charge is 0.392 e. The number of hydrogen-bond acceptors (Lipinski definition) is 6. The van der Waals surface area contributed by atoms with Crippen molar-refractivity contribution in [2.45, 2.75) is 50.7 Å². The normalized spacial score (nSPS) is 22.5. The summed E-state index contributed by atoms with van der Waals surface area (Å²) in [7, 11) is 1.99. The van der Waals surface area contributed by atoms with Gasteiger partial charge in [0.1, 0.15) is 0 Å². The first kappa shape index (κ1) is 24.5. The molecule has 180 valence electrons. The van der Waals surface area contributed by atoms with Gasteiger partial charge in [0, 0.05) is 50.1 Å². The molecule has 7 nitrogen and oxygen atoms in total. The van der Waals surface area contributed by atoms with E-state index >= 15 is 0 Å². The van der Waals surface area contributed by atoms with Gasteiger partial charge in [-0.2, -0.15) is 0 Å². The van der Waals surface area contributed by atoms with Gasteiger partial charge in [0.15, 0.2) is 11.4 Å². The molecule has 1 fully saturated rings. The molecule has 1 amide bonds. The van der Waals surface area contributed by atoms with Crippen LogP contribution in [0.2, 0.25) is 0 Å². The lowest BCUT2D eigenvalue weighted by Crippen LogP contribution is -2.38. The van der Waals surface area contributed by atoms with E-state index in [0.29, 0.717) is 6.54 Å². The Morgan fingerprint density at radius 2 is 1.76 bits per heavy atom. The molecule has 1 aromatic heterocycles. The first-order valence-electron chi connectivity index (χ1n) is 11.4. The fraction of sp³-hybridized carbons (Fsp3) is 0.385. The maximum absolute atomic E-state index is 11.2. The molecule has 2 heterocycles. The number of carbonyl (C=O) groups excluding carboxylic acids is 1. The van der Waals surface area contributed by atoms with E-state index in [9.17, 15) is 9.90 Å². The lowest BCUT2D eigenvalue weighted by Gasteiger charge is -2.41. The summed E-state index contributed by atoms with van der Waals surface area (Å²) in [5.41, 5.74) is 3.88. The van der Waals surface area contributed by atoms with E-state index in [0.717, 1.165) is 33.2 Å². The fourth-order valence-corrected chi connectivity index (χ4v) is 5.07. The van der Waals surface area contributed by atoms with E-state index in [-0.39, 0.29) is 30.6 Å². The third kappa shape index (κ3) is 5.88. The van der Waals surface area contributed by atoms with Crippen LogP contribution in [0.25, 0.3) is 0 Å². The van der Waals surface area contributed by atoms with Crippen LogP contribution in [0.1, 0.15) is 48.5 Å². The third-order valence-electron chi connectivity index (χ3n) is 6.07. The summed E-state index contributed by atoms with van der Waals surface area (Å²) in [6, 6.07) is 15.9. The van der Waals surface area contributed by atoms with Crippen molar-refractivity contribution in [3.05, 3.63) is 83.2 Å². The van der Waals surface area contributed by atoms with Gasteiger partial charge in [-0.3, -0.25) is 4.79 Å². The van der Waals surface area contributed by atoms with E-state index in [4.69, 9.17) is 9.47 Å². The predicted molar refractivity (Wildman–Crippen MR) is 131 cm³/mol. The summed E-state index contributed by atoms with van der Waals surface area (Å²) in [5.74, 6) is 0.806. The van der Waals surface area contributed by atoms with Crippen molar-refractivity contribution < 1.29 is 19.4 Å². The Kier molecular flexibility index (Phi) is 8.05. The average molecular weight is 482 g/mol. The monoisotopic (exact) mass is 481 g/mol. The summed E-state index contributed by atoms with van der Waals surface area (Å²) in [5, 5.41) is 13.2. The molecule has 2 N–H and O–H groups in total. The molecular weight excluding hydrogens is 450 g/mol. The van der Waals surface area contributed by atoms with Gasteiger partial charge in [-0.1, -0.05) is 67.2 Å². The van der Waals surface area contributed by atoms with Crippen LogP contribution >= 0.6 is 11.8 Å². The van der Waals surface area contributed by atoms with Gasteiger partial charge in [-0.05, 0) is 16.7 Å². The SMILES string of the molecule is CC(=O)NCc1ccc(C2OC(CSc3nccn3C)C(C)C(c3ccc(CO)cc3)O2)cc1. The van der Waals surface area contributed by atoms with E-state index in [2.05, 4.69) is 17.2 Å². The molecule has 4 unspecified atom stereocenters. The van der Waals surface area contributed by atoms with Crippen molar-refractivity contribution in [3.8, 4) is 0 Å². The van der Waals surface area contributed by atoms with Crippen molar-refractivity contribution in [2.24, 2.45) is 13.0 Å². The van der Waals surface area contributed by atoms with Gasteiger partial charge in [0.05, 0.1) is 18.8 Å². The number of aliphatic hydroxyl groups excluding tert-OH is 1.